The number of rotatable bonds is 2. The van der Waals surface area contributed by atoms with Crippen molar-refractivity contribution < 1.29 is 4.79 Å². The summed E-state index contributed by atoms with van der Waals surface area (Å²) in [5.74, 6) is -0.266. The molecule has 56 valence electrons. The molecule has 0 amide bonds. The number of ketones is 1. The van der Waals surface area contributed by atoms with E-state index in [0.717, 1.165) is 0 Å². The fourth-order valence-electron chi connectivity index (χ4n) is 0.682. The molecule has 0 unspecified atom stereocenters. The fourth-order valence-corrected chi connectivity index (χ4v) is 0.682. The lowest BCUT2D eigenvalue weighted by molar-refractivity contribution is 0.103. The Labute approximate surface area is 64.6 Å². The molecule has 0 saturated heterocycles. The molecule has 0 spiro atoms. The Morgan fingerprint density at radius 3 is 2.82 bits per heavy atom. The highest BCUT2D eigenvalue weighted by molar-refractivity contribution is 6.07. The Bertz CT molecular complexity index is 279. The second kappa shape index (κ2) is 2.96. The standard InChI is InChI=1S/C8H8N2O/c1-6(9)8(11)7-3-2-4-10-5-7/h2-5H,1,9H2. The highest BCUT2D eigenvalue weighted by Crippen LogP contribution is 1.99. The molecule has 0 atom stereocenters. The molecule has 1 aromatic rings. The number of carbonyl (C=O) groups excluding carboxylic acids is 1. The summed E-state index contributed by atoms with van der Waals surface area (Å²) in [6.45, 7) is 3.33. The highest BCUT2D eigenvalue weighted by atomic mass is 16.1. The van der Waals surface area contributed by atoms with E-state index in [1.54, 1.807) is 18.3 Å². The van der Waals surface area contributed by atoms with E-state index in [-0.39, 0.29) is 11.5 Å². The first-order valence-electron chi connectivity index (χ1n) is 3.11. The maximum absolute atomic E-state index is 11.1. The van der Waals surface area contributed by atoms with Crippen LogP contribution in [0.3, 0.4) is 0 Å². The van der Waals surface area contributed by atoms with E-state index >= 15 is 0 Å². The van der Waals surface area contributed by atoms with E-state index in [9.17, 15) is 4.79 Å². The lowest BCUT2D eigenvalue weighted by Gasteiger charge is -1.96. The number of nitrogens with zero attached hydrogens (tertiary/aromatic N) is 1. The molecular formula is C8H8N2O. The van der Waals surface area contributed by atoms with Crippen molar-refractivity contribution >= 4 is 5.78 Å². The predicted octanol–water partition coefficient (Wildman–Crippen LogP) is 0.737. The third kappa shape index (κ3) is 1.64. The summed E-state index contributed by atoms with van der Waals surface area (Å²) in [7, 11) is 0. The van der Waals surface area contributed by atoms with Gasteiger partial charge >= 0.3 is 0 Å². The van der Waals surface area contributed by atoms with Gasteiger partial charge < -0.3 is 5.73 Å². The first kappa shape index (κ1) is 7.47. The van der Waals surface area contributed by atoms with Crippen molar-refractivity contribution in [3.63, 3.8) is 0 Å². The number of aromatic nitrogens is 1. The van der Waals surface area contributed by atoms with Crippen molar-refractivity contribution in [1.82, 2.24) is 4.98 Å². The molecule has 0 aliphatic heterocycles. The molecule has 1 aromatic heterocycles. The molecule has 3 nitrogen and oxygen atoms in total. The quantitative estimate of drug-likeness (QED) is 0.497. The Morgan fingerprint density at radius 2 is 2.36 bits per heavy atom. The number of Topliss-reactive ketones (excluding diaryl/α,β-unsaturated/α-hetero) is 1. The summed E-state index contributed by atoms with van der Waals surface area (Å²) in [5.41, 5.74) is 5.71. The number of pyridine rings is 1. The van der Waals surface area contributed by atoms with Crippen LogP contribution in [0, 0.1) is 0 Å². The Hall–Kier alpha value is -1.64. The van der Waals surface area contributed by atoms with E-state index in [1.807, 2.05) is 0 Å². The van der Waals surface area contributed by atoms with Gasteiger partial charge in [0.15, 0.2) is 0 Å². The van der Waals surface area contributed by atoms with Gasteiger partial charge in [-0.2, -0.15) is 0 Å². The van der Waals surface area contributed by atoms with Gasteiger partial charge in [0.25, 0.3) is 0 Å². The predicted molar refractivity (Wildman–Crippen MR) is 41.9 cm³/mol. The van der Waals surface area contributed by atoms with Crippen LogP contribution in [0.4, 0.5) is 0 Å². The Morgan fingerprint density at radius 1 is 1.64 bits per heavy atom. The van der Waals surface area contributed by atoms with E-state index in [0.29, 0.717) is 5.56 Å². The van der Waals surface area contributed by atoms with Gasteiger partial charge in [0.2, 0.25) is 5.78 Å². The molecule has 2 N–H and O–H groups in total. The van der Waals surface area contributed by atoms with Crippen molar-refractivity contribution in [3.8, 4) is 0 Å². The Kier molecular flexibility index (Phi) is 2.01. The van der Waals surface area contributed by atoms with Gasteiger partial charge in [0.05, 0.1) is 5.70 Å². The zero-order valence-corrected chi connectivity index (χ0v) is 5.95. The zero-order chi connectivity index (χ0) is 8.27. The van der Waals surface area contributed by atoms with Crippen molar-refractivity contribution in [2.24, 2.45) is 5.73 Å². The second-order valence-corrected chi connectivity index (χ2v) is 2.10. The second-order valence-electron chi connectivity index (χ2n) is 2.10. The fraction of sp³-hybridized carbons (Fsp3) is 0. The van der Waals surface area contributed by atoms with Gasteiger partial charge in [-0.1, -0.05) is 6.58 Å². The Balaban J connectivity index is 2.95. The van der Waals surface area contributed by atoms with Gasteiger partial charge in [0.1, 0.15) is 0 Å². The van der Waals surface area contributed by atoms with E-state index in [4.69, 9.17) is 5.73 Å². The van der Waals surface area contributed by atoms with Gasteiger partial charge in [-0.25, -0.2) is 0 Å². The maximum atomic E-state index is 11.1. The van der Waals surface area contributed by atoms with E-state index in [2.05, 4.69) is 11.6 Å². The van der Waals surface area contributed by atoms with Crippen LogP contribution in [0.1, 0.15) is 10.4 Å². The molecule has 0 aliphatic rings. The lowest BCUT2D eigenvalue weighted by Crippen LogP contribution is -2.09. The van der Waals surface area contributed by atoms with Crippen LogP contribution < -0.4 is 5.73 Å². The zero-order valence-electron chi connectivity index (χ0n) is 5.95. The number of hydrogen-bond donors (Lipinski definition) is 1. The van der Waals surface area contributed by atoms with Gasteiger partial charge in [-0.15, -0.1) is 0 Å². The summed E-state index contributed by atoms with van der Waals surface area (Å²) < 4.78 is 0. The van der Waals surface area contributed by atoms with Crippen molar-refractivity contribution in [2.75, 3.05) is 0 Å². The minimum Gasteiger partial charge on any atom is -0.396 e. The molecule has 0 saturated carbocycles. The average molecular weight is 148 g/mol. The molecule has 0 radical (unpaired) electrons. The number of nitrogens with two attached hydrogens (primary N) is 1. The molecule has 0 aromatic carbocycles. The molecule has 1 rings (SSSR count). The molecule has 1 heterocycles. The normalized spacial score (nSPS) is 9.09. The minimum atomic E-state index is -0.266. The molecule has 0 aliphatic carbocycles. The van der Waals surface area contributed by atoms with Gasteiger partial charge in [0, 0.05) is 18.0 Å². The van der Waals surface area contributed by atoms with Crippen LogP contribution in [0.15, 0.2) is 36.8 Å². The minimum absolute atomic E-state index is 0.0398. The van der Waals surface area contributed by atoms with Gasteiger partial charge in [-0.3, -0.25) is 9.78 Å². The van der Waals surface area contributed by atoms with Crippen LogP contribution in [0.5, 0.6) is 0 Å². The van der Waals surface area contributed by atoms with Crippen molar-refractivity contribution in [3.05, 3.63) is 42.4 Å². The van der Waals surface area contributed by atoms with Crippen molar-refractivity contribution in [1.29, 1.82) is 0 Å². The highest BCUT2D eigenvalue weighted by Gasteiger charge is 2.04. The van der Waals surface area contributed by atoms with Crippen LogP contribution in [0.2, 0.25) is 0 Å². The third-order valence-corrected chi connectivity index (χ3v) is 1.22. The summed E-state index contributed by atoms with van der Waals surface area (Å²) in [6, 6.07) is 3.32. The number of carbonyl (C=O) groups is 1. The van der Waals surface area contributed by atoms with Crippen LogP contribution in [-0.4, -0.2) is 10.8 Å². The summed E-state index contributed by atoms with van der Waals surface area (Å²) in [4.78, 5) is 14.9. The number of hydrogen-bond acceptors (Lipinski definition) is 3. The summed E-state index contributed by atoms with van der Waals surface area (Å²) >= 11 is 0. The number of allylic oxidation sites excluding steroid dienone is 1. The van der Waals surface area contributed by atoms with Crippen molar-refractivity contribution in [2.45, 2.75) is 0 Å². The largest absolute Gasteiger partial charge is 0.396 e. The molecule has 0 bridgehead atoms. The molecule has 3 heteroatoms. The summed E-state index contributed by atoms with van der Waals surface area (Å²) in [5, 5.41) is 0. The molecular weight excluding hydrogens is 140 g/mol. The first-order chi connectivity index (χ1) is 5.22. The lowest BCUT2D eigenvalue weighted by atomic mass is 10.1. The van der Waals surface area contributed by atoms with E-state index < -0.39 is 0 Å². The van der Waals surface area contributed by atoms with Crippen LogP contribution in [-0.2, 0) is 0 Å². The van der Waals surface area contributed by atoms with Crippen LogP contribution in [0.25, 0.3) is 0 Å². The van der Waals surface area contributed by atoms with E-state index in [1.165, 1.54) is 6.20 Å². The smallest absolute Gasteiger partial charge is 0.209 e. The molecule has 0 fully saturated rings. The van der Waals surface area contributed by atoms with Crippen LogP contribution >= 0.6 is 0 Å². The summed E-state index contributed by atoms with van der Waals surface area (Å²) in [6.07, 6.45) is 3.05. The molecule has 11 heavy (non-hydrogen) atoms. The topological polar surface area (TPSA) is 56.0 Å². The SMILES string of the molecule is C=C(N)C(=O)c1cccnc1. The average Bonchev–Trinajstić information content (AvgIpc) is 2.05. The maximum Gasteiger partial charge on any atom is 0.209 e. The van der Waals surface area contributed by atoms with Gasteiger partial charge in [-0.05, 0) is 12.1 Å². The monoisotopic (exact) mass is 148 g/mol. The first-order valence-corrected chi connectivity index (χ1v) is 3.11. The third-order valence-electron chi connectivity index (χ3n) is 1.22.